The largest absolute Gasteiger partial charge is 0.394 e. The van der Waals surface area contributed by atoms with Crippen molar-refractivity contribution in [2.45, 2.75) is 23.6 Å². The molecule has 9 heteroatoms. The van der Waals surface area contributed by atoms with Gasteiger partial charge >= 0.3 is 5.69 Å². The van der Waals surface area contributed by atoms with Gasteiger partial charge in [0.2, 0.25) is 0 Å². The molecule has 0 aromatic carbocycles. The highest BCUT2D eigenvalue weighted by atomic mass is 35.5. The van der Waals surface area contributed by atoms with Crippen LogP contribution in [-0.4, -0.2) is 43.7 Å². The van der Waals surface area contributed by atoms with Gasteiger partial charge in [-0.2, -0.15) is 0 Å². The Balaban J connectivity index is 2.45. The first-order valence-electron chi connectivity index (χ1n) is 5.01. The second kappa shape index (κ2) is 4.47. The Bertz CT molecular complexity index is 556. The van der Waals surface area contributed by atoms with E-state index in [-0.39, 0.29) is 0 Å². The molecule has 0 spiro atoms. The van der Waals surface area contributed by atoms with Gasteiger partial charge in [0.1, 0.15) is 12.2 Å². The maximum absolute atomic E-state index is 14.1. The average Bonchev–Trinajstić information content (AvgIpc) is 2.52. The number of rotatable bonds is 2. The fourth-order valence-corrected chi connectivity index (χ4v) is 2.03. The second-order valence-corrected chi connectivity index (χ2v) is 4.43. The van der Waals surface area contributed by atoms with Crippen LogP contribution >= 0.6 is 11.6 Å². The van der Waals surface area contributed by atoms with Gasteiger partial charge in [-0.25, -0.2) is 9.18 Å². The van der Waals surface area contributed by atoms with Crippen molar-refractivity contribution in [1.29, 1.82) is 0 Å². The van der Waals surface area contributed by atoms with Crippen LogP contribution in [0, 0.1) is 0 Å². The smallest absolute Gasteiger partial charge is 0.330 e. The summed E-state index contributed by atoms with van der Waals surface area (Å²) >= 11 is 5.50. The molecule has 1 saturated heterocycles. The number of H-pyrrole nitrogens is 1. The Hall–Kier alpha value is -1.22. The molecule has 2 rings (SSSR count). The standard InChI is InChI=1S/C9H10ClFN2O5/c10-9(11)6(16)4(3-14)18-7(9)13-2-1-5(15)12-8(13)17/h1-2,4,6-7,14,16H,3H2,(H,12,15,17)/t4-,6+,7-,9?/m1/s1. The summed E-state index contributed by atoms with van der Waals surface area (Å²) in [6.45, 7) is -0.659. The summed E-state index contributed by atoms with van der Waals surface area (Å²) in [7, 11) is 0. The topological polar surface area (TPSA) is 105 Å². The van der Waals surface area contributed by atoms with Crippen LogP contribution in [0.2, 0.25) is 0 Å². The third-order valence-corrected chi connectivity index (χ3v) is 3.07. The molecule has 0 amide bonds. The van der Waals surface area contributed by atoms with E-state index in [0.717, 1.165) is 12.3 Å². The molecule has 1 aromatic rings. The molecule has 100 valence electrons. The molecule has 1 aliphatic rings. The number of ether oxygens (including phenoxy) is 1. The number of nitrogens with zero attached hydrogens (tertiary/aromatic N) is 1. The molecule has 1 aliphatic heterocycles. The minimum absolute atomic E-state index is 0.659. The van der Waals surface area contributed by atoms with E-state index >= 15 is 0 Å². The lowest BCUT2D eigenvalue weighted by molar-refractivity contribution is -0.0518. The third kappa shape index (κ3) is 1.97. The summed E-state index contributed by atoms with van der Waals surface area (Å²) in [5.74, 6) is 0. The Kier molecular flexibility index (Phi) is 3.28. The van der Waals surface area contributed by atoms with Crippen molar-refractivity contribution in [1.82, 2.24) is 9.55 Å². The van der Waals surface area contributed by atoms with Gasteiger partial charge in [-0.15, -0.1) is 0 Å². The average molecular weight is 281 g/mol. The number of halogens is 2. The maximum atomic E-state index is 14.1. The molecule has 0 saturated carbocycles. The van der Waals surface area contributed by atoms with Crippen LogP contribution in [-0.2, 0) is 4.74 Å². The number of aromatic amines is 1. The number of hydrogen-bond acceptors (Lipinski definition) is 5. The van der Waals surface area contributed by atoms with Crippen LogP contribution < -0.4 is 11.2 Å². The predicted octanol–water partition coefficient (Wildman–Crippen LogP) is -1.31. The number of aliphatic hydroxyl groups is 2. The zero-order valence-corrected chi connectivity index (χ0v) is 9.67. The highest BCUT2D eigenvalue weighted by molar-refractivity contribution is 6.23. The van der Waals surface area contributed by atoms with Crippen LogP contribution in [0.3, 0.4) is 0 Å². The highest BCUT2D eigenvalue weighted by Gasteiger charge is 2.57. The first-order chi connectivity index (χ1) is 8.37. The van der Waals surface area contributed by atoms with Gasteiger partial charge in [0.05, 0.1) is 6.61 Å². The molecular formula is C9H10ClFN2O5. The Morgan fingerprint density at radius 1 is 1.61 bits per heavy atom. The molecule has 1 unspecified atom stereocenters. The summed E-state index contributed by atoms with van der Waals surface area (Å²) in [6, 6.07) is 0.983. The number of hydrogen-bond donors (Lipinski definition) is 3. The SMILES string of the molecule is O=c1ccn([C@@H]2O[C@H](CO)[C@H](O)C2(F)Cl)c(=O)[nH]1. The fourth-order valence-electron chi connectivity index (χ4n) is 1.73. The number of aromatic nitrogens is 2. The quantitative estimate of drug-likeness (QED) is 0.584. The molecule has 3 N–H and O–H groups in total. The Morgan fingerprint density at radius 3 is 2.78 bits per heavy atom. The van der Waals surface area contributed by atoms with E-state index in [0.29, 0.717) is 4.57 Å². The van der Waals surface area contributed by atoms with Crippen molar-refractivity contribution in [2.24, 2.45) is 0 Å². The van der Waals surface area contributed by atoms with Crippen molar-refractivity contribution in [3.8, 4) is 0 Å². The fraction of sp³-hybridized carbons (Fsp3) is 0.556. The molecule has 0 aliphatic carbocycles. The number of nitrogens with one attached hydrogen (secondary N) is 1. The van der Waals surface area contributed by atoms with Gasteiger partial charge in [-0.1, -0.05) is 11.6 Å². The summed E-state index contributed by atoms with van der Waals surface area (Å²) in [4.78, 5) is 24.3. The number of aliphatic hydroxyl groups excluding tert-OH is 2. The molecule has 7 nitrogen and oxygen atoms in total. The molecule has 18 heavy (non-hydrogen) atoms. The van der Waals surface area contributed by atoms with Gasteiger partial charge in [0.25, 0.3) is 10.7 Å². The van der Waals surface area contributed by atoms with Gasteiger partial charge in [-0.3, -0.25) is 14.3 Å². The molecule has 1 fully saturated rings. The molecule has 1 aromatic heterocycles. The van der Waals surface area contributed by atoms with Crippen LogP contribution in [0.5, 0.6) is 0 Å². The first kappa shape index (κ1) is 13.2. The van der Waals surface area contributed by atoms with Crippen molar-refractivity contribution >= 4 is 11.6 Å². The second-order valence-electron chi connectivity index (χ2n) is 3.85. The first-order valence-corrected chi connectivity index (χ1v) is 5.39. The summed E-state index contributed by atoms with van der Waals surface area (Å²) in [6.07, 6.45) is -3.70. The Labute approximate surface area is 104 Å². The highest BCUT2D eigenvalue weighted by Crippen LogP contribution is 2.43. The van der Waals surface area contributed by atoms with Gasteiger partial charge in [-0.05, 0) is 0 Å². The van der Waals surface area contributed by atoms with E-state index in [4.69, 9.17) is 21.4 Å². The summed E-state index contributed by atoms with van der Waals surface area (Å²) in [5, 5.41) is 15.6. The lowest BCUT2D eigenvalue weighted by Crippen LogP contribution is -2.41. The van der Waals surface area contributed by atoms with Gasteiger partial charge < -0.3 is 14.9 Å². The monoisotopic (exact) mass is 280 g/mol. The minimum Gasteiger partial charge on any atom is -0.394 e. The summed E-state index contributed by atoms with van der Waals surface area (Å²) in [5.41, 5.74) is -1.59. The lowest BCUT2D eigenvalue weighted by atomic mass is 10.1. The van der Waals surface area contributed by atoms with E-state index in [1.807, 2.05) is 4.98 Å². The predicted molar refractivity (Wildman–Crippen MR) is 58.0 cm³/mol. The van der Waals surface area contributed by atoms with Gasteiger partial charge in [0, 0.05) is 12.3 Å². The van der Waals surface area contributed by atoms with E-state index in [9.17, 15) is 19.1 Å². The molecular weight excluding hydrogens is 271 g/mol. The maximum Gasteiger partial charge on any atom is 0.330 e. The van der Waals surface area contributed by atoms with Crippen LogP contribution in [0.4, 0.5) is 4.39 Å². The molecule has 4 atom stereocenters. The molecule has 0 radical (unpaired) electrons. The van der Waals surface area contributed by atoms with Crippen molar-refractivity contribution < 1.29 is 19.3 Å². The van der Waals surface area contributed by atoms with Crippen molar-refractivity contribution in [2.75, 3.05) is 6.61 Å². The summed E-state index contributed by atoms with van der Waals surface area (Å²) < 4.78 is 19.8. The van der Waals surface area contributed by atoms with Gasteiger partial charge in [0.15, 0.2) is 6.23 Å². The third-order valence-electron chi connectivity index (χ3n) is 2.66. The van der Waals surface area contributed by atoms with Crippen LogP contribution in [0.1, 0.15) is 6.23 Å². The van der Waals surface area contributed by atoms with Crippen LogP contribution in [0.25, 0.3) is 0 Å². The zero-order chi connectivity index (χ0) is 13.5. The lowest BCUT2D eigenvalue weighted by Gasteiger charge is -2.22. The van der Waals surface area contributed by atoms with E-state index in [2.05, 4.69) is 0 Å². The van der Waals surface area contributed by atoms with Crippen molar-refractivity contribution in [3.63, 3.8) is 0 Å². The number of alkyl halides is 2. The minimum atomic E-state index is -2.78. The van der Waals surface area contributed by atoms with Crippen LogP contribution in [0.15, 0.2) is 21.9 Å². The molecule has 2 heterocycles. The van der Waals surface area contributed by atoms with E-state index in [1.54, 1.807) is 0 Å². The van der Waals surface area contributed by atoms with E-state index < -0.39 is 41.4 Å². The Morgan fingerprint density at radius 2 is 2.28 bits per heavy atom. The molecule has 0 bridgehead atoms. The normalized spacial score (nSPS) is 35.9. The zero-order valence-electron chi connectivity index (χ0n) is 8.92. The van der Waals surface area contributed by atoms with E-state index in [1.165, 1.54) is 0 Å². The van der Waals surface area contributed by atoms with Crippen molar-refractivity contribution in [3.05, 3.63) is 33.1 Å².